The van der Waals surface area contributed by atoms with Gasteiger partial charge >= 0.3 is 5.97 Å². The normalized spacial score (nSPS) is 16.1. The number of fused-ring (bicyclic) bond motifs is 1. The van der Waals surface area contributed by atoms with Gasteiger partial charge in [-0.3, -0.25) is 4.79 Å². The molecule has 0 aromatic heterocycles. The van der Waals surface area contributed by atoms with Crippen LogP contribution in [0.2, 0.25) is 0 Å². The highest BCUT2D eigenvalue weighted by molar-refractivity contribution is 9.10. The summed E-state index contributed by atoms with van der Waals surface area (Å²) in [6.45, 7) is 3.76. The fourth-order valence-electron chi connectivity index (χ4n) is 2.39. The van der Waals surface area contributed by atoms with Crippen molar-refractivity contribution in [3.8, 4) is 0 Å². The molecule has 4 heteroatoms. The highest BCUT2D eigenvalue weighted by atomic mass is 79.9. The molecule has 0 N–H and O–H groups in total. The molecule has 2 rings (SSSR count). The summed E-state index contributed by atoms with van der Waals surface area (Å²) in [5.41, 5.74) is 3.92. The lowest BCUT2D eigenvalue weighted by atomic mass is 9.99. The standard InChI is InChI=1S/C14H18BrNO2/c1-10-5-6-13-11(8-10)4-3-7-16(13)9-12(15)14(17)18-2/h5-6,8,12H,3-4,7,9H2,1-2H3. The van der Waals surface area contributed by atoms with Crippen LogP contribution in [-0.2, 0) is 16.0 Å². The molecule has 1 aliphatic rings. The van der Waals surface area contributed by atoms with Gasteiger partial charge in [0, 0.05) is 18.8 Å². The van der Waals surface area contributed by atoms with E-state index < -0.39 is 0 Å². The van der Waals surface area contributed by atoms with E-state index in [4.69, 9.17) is 4.74 Å². The molecule has 1 aliphatic heterocycles. The number of hydrogen-bond acceptors (Lipinski definition) is 3. The maximum Gasteiger partial charge on any atom is 0.321 e. The molecule has 18 heavy (non-hydrogen) atoms. The van der Waals surface area contributed by atoms with Gasteiger partial charge in [0.15, 0.2) is 0 Å². The lowest BCUT2D eigenvalue weighted by molar-refractivity contribution is -0.139. The SMILES string of the molecule is COC(=O)C(Br)CN1CCCc2cc(C)ccc21. The number of halogens is 1. The second-order valence-electron chi connectivity index (χ2n) is 4.67. The average Bonchev–Trinajstić information content (AvgIpc) is 2.37. The smallest absolute Gasteiger partial charge is 0.321 e. The molecule has 0 aliphatic carbocycles. The van der Waals surface area contributed by atoms with Crippen LogP contribution in [0.3, 0.4) is 0 Å². The number of ether oxygens (including phenoxy) is 1. The highest BCUT2D eigenvalue weighted by Crippen LogP contribution is 2.28. The Labute approximate surface area is 116 Å². The van der Waals surface area contributed by atoms with Gasteiger partial charge in [0.05, 0.1) is 7.11 Å². The lowest BCUT2D eigenvalue weighted by Gasteiger charge is -2.32. The topological polar surface area (TPSA) is 29.5 Å². The molecule has 0 saturated carbocycles. The number of carbonyl (C=O) groups is 1. The minimum atomic E-state index is -0.269. The number of aryl methyl sites for hydroxylation is 2. The van der Waals surface area contributed by atoms with Gasteiger partial charge in [-0.15, -0.1) is 0 Å². The third-order valence-corrected chi connectivity index (χ3v) is 3.95. The fourth-order valence-corrected chi connectivity index (χ4v) is 2.93. The third kappa shape index (κ3) is 2.86. The summed E-state index contributed by atoms with van der Waals surface area (Å²) in [5, 5.41) is 0. The van der Waals surface area contributed by atoms with Gasteiger partial charge in [0.25, 0.3) is 0 Å². The zero-order valence-electron chi connectivity index (χ0n) is 10.8. The zero-order chi connectivity index (χ0) is 13.1. The summed E-state index contributed by atoms with van der Waals surface area (Å²) in [6.07, 6.45) is 2.26. The van der Waals surface area contributed by atoms with E-state index in [-0.39, 0.29) is 10.8 Å². The molecule has 1 atom stereocenters. The molecule has 0 amide bonds. The Hall–Kier alpha value is -1.03. The third-order valence-electron chi connectivity index (χ3n) is 3.29. The molecule has 0 spiro atoms. The second-order valence-corrected chi connectivity index (χ2v) is 5.78. The summed E-state index contributed by atoms with van der Waals surface area (Å²) in [5.74, 6) is -0.214. The molecule has 1 heterocycles. The maximum atomic E-state index is 11.5. The monoisotopic (exact) mass is 311 g/mol. The van der Waals surface area contributed by atoms with E-state index in [0.717, 1.165) is 19.4 Å². The van der Waals surface area contributed by atoms with Crippen molar-refractivity contribution in [3.05, 3.63) is 29.3 Å². The van der Waals surface area contributed by atoms with E-state index in [2.05, 4.69) is 46.0 Å². The van der Waals surface area contributed by atoms with E-state index in [0.29, 0.717) is 6.54 Å². The molecule has 0 radical (unpaired) electrons. The van der Waals surface area contributed by atoms with Crippen molar-refractivity contribution in [2.75, 3.05) is 25.1 Å². The van der Waals surface area contributed by atoms with Gasteiger partial charge in [0.1, 0.15) is 4.83 Å². The van der Waals surface area contributed by atoms with Crippen LogP contribution in [0.15, 0.2) is 18.2 Å². The molecular weight excluding hydrogens is 294 g/mol. The number of esters is 1. The Morgan fingerprint density at radius 1 is 1.56 bits per heavy atom. The lowest BCUT2D eigenvalue weighted by Crippen LogP contribution is -2.37. The van der Waals surface area contributed by atoms with Crippen LogP contribution in [0.4, 0.5) is 5.69 Å². The number of nitrogens with zero attached hydrogens (tertiary/aromatic N) is 1. The molecule has 1 unspecified atom stereocenters. The van der Waals surface area contributed by atoms with Crippen LogP contribution < -0.4 is 4.90 Å². The molecule has 1 aromatic rings. The van der Waals surface area contributed by atoms with E-state index in [1.807, 2.05) is 0 Å². The summed E-state index contributed by atoms with van der Waals surface area (Å²) in [7, 11) is 1.42. The molecule has 0 saturated heterocycles. The predicted octanol–water partition coefficient (Wildman–Crippen LogP) is 2.68. The molecule has 0 fully saturated rings. The Morgan fingerprint density at radius 2 is 2.33 bits per heavy atom. The van der Waals surface area contributed by atoms with Gasteiger partial charge in [-0.25, -0.2) is 0 Å². The van der Waals surface area contributed by atoms with E-state index >= 15 is 0 Å². The van der Waals surface area contributed by atoms with Gasteiger partial charge in [-0.2, -0.15) is 0 Å². The van der Waals surface area contributed by atoms with Gasteiger partial charge in [-0.1, -0.05) is 33.6 Å². The number of anilines is 1. The van der Waals surface area contributed by atoms with Crippen LogP contribution >= 0.6 is 15.9 Å². The fraction of sp³-hybridized carbons (Fsp3) is 0.500. The molecule has 98 valence electrons. The first-order chi connectivity index (χ1) is 8.61. The largest absolute Gasteiger partial charge is 0.468 e. The first-order valence-corrected chi connectivity index (χ1v) is 7.09. The Morgan fingerprint density at radius 3 is 3.06 bits per heavy atom. The Balaban J connectivity index is 2.15. The number of rotatable bonds is 3. The highest BCUT2D eigenvalue weighted by Gasteiger charge is 2.23. The van der Waals surface area contributed by atoms with Crippen molar-refractivity contribution in [2.24, 2.45) is 0 Å². The van der Waals surface area contributed by atoms with Crippen LogP contribution in [0.1, 0.15) is 17.5 Å². The van der Waals surface area contributed by atoms with E-state index in [1.54, 1.807) is 0 Å². The molecule has 1 aromatic carbocycles. The second kappa shape index (κ2) is 5.74. The van der Waals surface area contributed by atoms with Crippen LogP contribution in [0.25, 0.3) is 0 Å². The van der Waals surface area contributed by atoms with Crippen molar-refractivity contribution in [2.45, 2.75) is 24.6 Å². The maximum absolute atomic E-state index is 11.5. The van der Waals surface area contributed by atoms with Crippen molar-refractivity contribution in [3.63, 3.8) is 0 Å². The Bertz CT molecular complexity index is 447. The van der Waals surface area contributed by atoms with E-state index in [9.17, 15) is 4.79 Å². The number of benzene rings is 1. The number of alkyl halides is 1. The van der Waals surface area contributed by atoms with Crippen molar-refractivity contribution in [1.82, 2.24) is 0 Å². The summed E-state index contributed by atoms with van der Waals surface area (Å²) >= 11 is 3.39. The summed E-state index contributed by atoms with van der Waals surface area (Å²) in [4.78, 5) is 13.4. The number of hydrogen-bond donors (Lipinski definition) is 0. The quantitative estimate of drug-likeness (QED) is 0.635. The van der Waals surface area contributed by atoms with Gasteiger partial charge in [0.2, 0.25) is 0 Å². The van der Waals surface area contributed by atoms with E-state index in [1.165, 1.54) is 23.9 Å². The van der Waals surface area contributed by atoms with Crippen molar-refractivity contribution < 1.29 is 9.53 Å². The number of methoxy groups -OCH3 is 1. The minimum absolute atomic E-state index is 0.214. The van der Waals surface area contributed by atoms with Crippen molar-refractivity contribution >= 4 is 27.6 Å². The van der Waals surface area contributed by atoms with Gasteiger partial charge < -0.3 is 9.64 Å². The first-order valence-electron chi connectivity index (χ1n) is 6.18. The van der Waals surface area contributed by atoms with Crippen LogP contribution in [0, 0.1) is 6.92 Å². The summed E-state index contributed by atoms with van der Waals surface area (Å²) < 4.78 is 4.75. The van der Waals surface area contributed by atoms with Gasteiger partial charge in [-0.05, 0) is 31.4 Å². The zero-order valence-corrected chi connectivity index (χ0v) is 12.4. The average molecular weight is 312 g/mol. The first kappa shape index (κ1) is 13.4. The predicted molar refractivity (Wildman–Crippen MR) is 76.4 cm³/mol. The van der Waals surface area contributed by atoms with Crippen molar-refractivity contribution in [1.29, 1.82) is 0 Å². The van der Waals surface area contributed by atoms with Crippen LogP contribution in [0.5, 0.6) is 0 Å². The molecule has 3 nitrogen and oxygen atoms in total. The number of carbonyl (C=O) groups excluding carboxylic acids is 1. The molecule has 0 bridgehead atoms. The molecular formula is C14H18BrNO2. The minimum Gasteiger partial charge on any atom is -0.468 e. The Kier molecular flexibility index (Phi) is 4.27. The summed E-state index contributed by atoms with van der Waals surface area (Å²) in [6, 6.07) is 6.52. The van der Waals surface area contributed by atoms with Crippen LogP contribution in [-0.4, -0.2) is 31.0 Å².